The number of hydrogen-bond donors (Lipinski definition) is 2. The van der Waals surface area contributed by atoms with Crippen LogP contribution in [0.5, 0.6) is 0 Å². The lowest BCUT2D eigenvalue weighted by molar-refractivity contribution is -0.129. The molecule has 6 heteroatoms. The normalized spacial score (nSPS) is 24.4. The Morgan fingerprint density at radius 3 is 2.76 bits per heavy atom. The minimum absolute atomic E-state index is 0.0179. The van der Waals surface area contributed by atoms with Gasteiger partial charge in [-0.3, -0.25) is 9.89 Å². The van der Waals surface area contributed by atoms with Crippen LogP contribution in [0.1, 0.15) is 17.0 Å². The average Bonchev–Trinajstić information content (AvgIpc) is 2.76. The Labute approximate surface area is 98.6 Å². The summed E-state index contributed by atoms with van der Waals surface area (Å²) in [6.45, 7) is 3.73. The van der Waals surface area contributed by atoms with Gasteiger partial charge in [-0.05, 0) is 13.8 Å². The van der Waals surface area contributed by atoms with Crippen LogP contribution in [-0.4, -0.2) is 51.5 Å². The van der Waals surface area contributed by atoms with Gasteiger partial charge in [0.1, 0.15) is 12.3 Å². The molecule has 1 fully saturated rings. The standard InChI is InChI=1S/C11H16FN3O2/c1-6-8(7(2)14-13-6)3-11(17)15-4-9(12)10(16)5-15/h9-10,16H,3-5H2,1-2H3,(H,13,14)/t9-,10-/m1/s1. The van der Waals surface area contributed by atoms with E-state index < -0.39 is 12.3 Å². The highest BCUT2D eigenvalue weighted by atomic mass is 19.1. The smallest absolute Gasteiger partial charge is 0.227 e. The van der Waals surface area contributed by atoms with Crippen LogP contribution >= 0.6 is 0 Å². The summed E-state index contributed by atoms with van der Waals surface area (Å²) in [5, 5.41) is 16.1. The molecule has 1 aliphatic heterocycles. The van der Waals surface area contributed by atoms with E-state index in [1.54, 1.807) is 0 Å². The predicted molar refractivity (Wildman–Crippen MR) is 59.2 cm³/mol. The van der Waals surface area contributed by atoms with Crippen molar-refractivity contribution in [2.75, 3.05) is 13.1 Å². The fourth-order valence-electron chi connectivity index (χ4n) is 2.05. The zero-order valence-electron chi connectivity index (χ0n) is 9.90. The zero-order chi connectivity index (χ0) is 12.6. The number of aromatic amines is 1. The Hall–Kier alpha value is -1.43. The molecule has 1 aliphatic rings. The number of H-pyrrole nitrogens is 1. The van der Waals surface area contributed by atoms with Crippen molar-refractivity contribution in [2.24, 2.45) is 0 Å². The van der Waals surface area contributed by atoms with Gasteiger partial charge in [0.05, 0.1) is 18.7 Å². The van der Waals surface area contributed by atoms with Gasteiger partial charge in [0.15, 0.2) is 0 Å². The minimum Gasteiger partial charge on any atom is -0.388 e. The summed E-state index contributed by atoms with van der Waals surface area (Å²) in [5.41, 5.74) is 2.49. The number of hydrogen-bond acceptors (Lipinski definition) is 3. The molecule has 1 aromatic heterocycles. The molecule has 2 heterocycles. The van der Waals surface area contributed by atoms with E-state index in [1.807, 2.05) is 13.8 Å². The highest BCUT2D eigenvalue weighted by molar-refractivity contribution is 5.79. The first kappa shape index (κ1) is 12.0. The third kappa shape index (κ3) is 2.31. The lowest BCUT2D eigenvalue weighted by Crippen LogP contribution is -2.31. The van der Waals surface area contributed by atoms with Crippen molar-refractivity contribution in [2.45, 2.75) is 32.5 Å². The first-order valence-electron chi connectivity index (χ1n) is 5.59. The number of nitrogens with zero attached hydrogens (tertiary/aromatic N) is 2. The van der Waals surface area contributed by atoms with E-state index in [0.717, 1.165) is 17.0 Å². The number of carbonyl (C=O) groups excluding carboxylic acids is 1. The van der Waals surface area contributed by atoms with Crippen molar-refractivity contribution in [1.82, 2.24) is 15.1 Å². The van der Waals surface area contributed by atoms with Gasteiger partial charge in [-0.1, -0.05) is 0 Å². The van der Waals surface area contributed by atoms with E-state index in [1.165, 1.54) is 4.90 Å². The molecule has 1 aromatic rings. The van der Waals surface area contributed by atoms with Crippen molar-refractivity contribution in [3.8, 4) is 0 Å². The number of aliphatic hydroxyl groups excluding tert-OH is 1. The van der Waals surface area contributed by atoms with E-state index in [0.29, 0.717) is 0 Å². The lowest BCUT2D eigenvalue weighted by Gasteiger charge is -2.15. The Balaban J connectivity index is 2.03. The Kier molecular flexibility index (Phi) is 3.15. The second kappa shape index (κ2) is 4.44. The monoisotopic (exact) mass is 241 g/mol. The molecule has 1 amide bonds. The Bertz CT molecular complexity index is 403. The molecule has 0 spiro atoms. The van der Waals surface area contributed by atoms with E-state index in [9.17, 15) is 14.3 Å². The fourth-order valence-corrected chi connectivity index (χ4v) is 2.05. The average molecular weight is 241 g/mol. The van der Waals surface area contributed by atoms with Crippen LogP contribution in [0.3, 0.4) is 0 Å². The van der Waals surface area contributed by atoms with Crippen LogP contribution < -0.4 is 0 Å². The van der Waals surface area contributed by atoms with E-state index in [2.05, 4.69) is 10.2 Å². The van der Waals surface area contributed by atoms with Crippen molar-refractivity contribution in [3.63, 3.8) is 0 Å². The quantitative estimate of drug-likeness (QED) is 0.772. The summed E-state index contributed by atoms with van der Waals surface area (Å²) in [7, 11) is 0. The number of β-amino-alcohol motifs (C(OH)–C–C–N with tert-alkyl or cyclic N) is 1. The van der Waals surface area contributed by atoms with Gasteiger partial charge >= 0.3 is 0 Å². The highest BCUT2D eigenvalue weighted by Gasteiger charge is 2.34. The summed E-state index contributed by atoms with van der Waals surface area (Å²) < 4.78 is 13.1. The number of alkyl halides is 1. The van der Waals surface area contributed by atoms with Gasteiger partial charge in [-0.25, -0.2) is 4.39 Å². The number of aryl methyl sites for hydroxylation is 2. The SMILES string of the molecule is Cc1n[nH]c(C)c1CC(=O)N1C[C@@H](O)[C@H](F)C1. The number of halogens is 1. The molecule has 0 saturated carbocycles. The molecule has 0 radical (unpaired) electrons. The molecule has 2 rings (SSSR count). The van der Waals surface area contributed by atoms with Gasteiger partial charge in [0.2, 0.25) is 5.91 Å². The number of aromatic nitrogens is 2. The summed E-state index contributed by atoms with van der Waals surface area (Å²) in [6.07, 6.45) is -2.18. The number of nitrogens with one attached hydrogen (secondary N) is 1. The predicted octanol–water partition coefficient (Wildman–Crippen LogP) is 0.110. The molecule has 0 aliphatic carbocycles. The Morgan fingerprint density at radius 1 is 1.59 bits per heavy atom. The second-order valence-electron chi connectivity index (χ2n) is 4.47. The number of likely N-dealkylation sites (tertiary alicyclic amines) is 1. The molecular formula is C11H16FN3O2. The van der Waals surface area contributed by atoms with Crippen LogP contribution in [0, 0.1) is 13.8 Å². The maximum atomic E-state index is 13.1. The fraction of sp³-hybridized carbons (Fsp3) is 0.636. The third-order valence-corrected chi connectivity index (χ3v) is 3.18. The molecule has 17 heavy (non-hydrogen) atoms. The van der Waals surface area contributed by atoms with E-state index in [-0.39, 0.29) is 25.4 Å². The van der Waals surface area contributed by atoms with Gasteiger partial charge in [0, 0.05) is 17.8 Å². The van der Waals surface area contributed by atoms with Crippen LogP contribution in [-0.2, 0) is 11.2 Å². The van der Waals surface area contributed by atoms with Crippen molar-refractivity contribution in [3.05, 3.63) is 17.0 Å². The topological polar surface area (TPSA) is 69.2 Å². The van der Waals surface area contributed by atoms with Crippen LogP contribution in [0.25, 0.3) is 0 Å². The number of rotatable bonds is 2. The molecule has 1 saturated heterocycles. The number of aliphatic hydroxyl groups is 1. The van der Waals surface area contributed by atoms with Gasteiger partial charge < -0.3 is 10.0 Å². The maximum absolute atomic E-state index is 13.1. The largest absolute Gasteiger partial charge is 0.388 e. The summed E-state index contributed by atoms with van der Waals surface area (Å²) in [6, 6.07) is 0. The molecule has 0 bridgehead atoms. The zero-order valence-corrected chi connectivity index (χ0v) is 9.90. The van der Waals surface area contributed by atoms with E-state index >= 15 is 0 Å². The molecular weight excluding hydrogens is 225 g/mol. The molecule has 94 valence electrons. The Morgan fingerprint density at radius 2 is 2.29 bits per heavy atom. The number of carbonyl (C=O) groups is 1. The van der Waals surface area contributed by atoms with Gasteiger partial charge in [0.25, 0.3) is 0 Å². The summed E-state index contributed by atoms with van der Waals surface area (Å²) in [5.74, 6) is -0.170. The van der Waals surface area contributed by atoms with Crippen LogP contribution in [0.15, 0.2) is 0 Å². The van der Waals surface area contributed by atoms with Crippen molar-refractivity contribution in [1.29, 1.82) is 0 Å². The first-order chi connectivity index (χ1) is 7.99. The van der Waals surface area contributed by atoms with Crippen molar-refractivity contribution < 1.29 is 14.3 Å². The minimum atomic E-state index is -1.33. The third-order valence-electron chi connectivity index (χ3n) is 3.18. The second-order valence-corrected chi connectivity index (χ2v) is 4.47. The summed E-state index contributed by atoms with van der Waals surface area (Å²) in [4.78, 5) is 13.3. The molecule has 0 aromatic carbocycles. The van der Waals surface area contributed by atoms with Crippen LogP contribution in [0.4, 0.5) is 4.39 Å². The maximum Gasteiger partial charge on any atom is 0.227 e. The lowest BCUT2D eigenvalue weighted by atomic mass is 10.1. The molecule has 5 nitrogen and oxygen atoms in total. The summed E-state index contributed by atoms with van der Waals surface area (Å²) >= 11 is 0. The van der Waals surface area contributed by atoms with E-state index in [4.69, 9.17) is 0 Å². The highest BCUT2D eigenvalue weighted by Crippen LogP contribution is 2.17. The molecule has 0 unspecified atom stereocenters. The van der Waals surface area contributed by atoms with Crippen LogP contribution in [0.2, 0.25) is 0 Å². The number of amides is 1. The molecule has 2 N–H and O–H groups in total. The van der Waals surface area contributed by atoms with Gasteiger partial charge in [-0.2, -0.15) is 5.10 Å². The molecule has 2 atom stereocenters. The van der Waals surface area contributed by atoms with Crippen molar-refractivity contribution >= 4 is 5.91 Å². The van der Waals surface area contributed by atoms with Gasteiger partial charge in [-0.15, -0.1) is 0 Å². The first-order valence-corrected chi connectivity index (χ1v) is 5.59.